The molecule has 0 saturated carbocycles. The number of terminal acetylenes is 1. The summed E-state index contributed by atoms with van der Waals surface area (Å²) in [5.74, 6) is 2.59. The molecule has 1 atom stereocenters. The number of nitrogens with two attached hydrogens (primary N) is 1. The number of nitrogens with zero attached hydrogens (tertiary/aromatic N) is 2. The van der Waals surface area contributed by atoms with Gasteiger partial charge in [-0.25, -0.2) is 9.97 Å². The molecule has 3 N–H and O–H groups in total. The Balaban J connectivity index is 2.06. The lowest BCUT2D eigenvalue weighted by atomic mass is 10.2. The van der Waals surface area contributed by atoms with E-state index in [-0.39, 0.29) is 12.3 Å². The van der Waals surface area contributed by atoms with E-state index in [9.17, 15) is 4.79 Å². The van der Waals surface area contributed by atoms with E-state index in [1.54, 1.807) is 0 Å². The van der Waals surface area contributed by atoms with Crippen molar-refractivity contribution in [2.75, 3.05) is 5.32 Å². The zero-order chi connectivity index (χ0) is 14.4. The normalized spacial score (nSPS) is 11.4. The molecule has 1 aromatic heterocycles. The topological polar surface area (TPSA) is 80.9 Å². The maximum absolute atomic E-state index is 11.7. The Hall–Kier alpha value is -2.71. The highest BCUT2D eigenvalue weighted by Gasteiger charge is 2.12. The maximum atomic E-state index is 11.7. The Kier molecular flexibility index (Phi) is 4.43. The standard InChI is InChI=1S/C15H14N4O/c1-2-6-13(16)15(20)19-12-9-17-14(18-10-12)11-7-4-3-5-8-11/h1,3-5,7-10,13H,6,16H2,(H,19,20). The number of nitrogens with one attached hydrogen (secondary N) is 1. The van der Waals surface area contributed by atoms with Crippen LogP contribution >= 0.6 is 0 Å². The van der Waals surface area contributed by atoms with Crippen molar-refractivity contribution in [3.63, 3.8) is 0 Å². The van der Waals surface area contributed by atoms with Crippen molar-refractivity contribution in [2.24, 2.45) is 5.73 Å². The fourth-order valence-electron chi connectivity index (χ4n) is 1.58. The molecule has 5 nitrogen and oxygen atoms in total. The zero-order valence-corrected chi connectivity index (χ0v) is 10.8. The van der Waals surface area contributed by atoms with Gasteiger partial charge in [0, 0.05) is 12.0 Å². The largest absolute Gasteiger partial charge is 0.322 e. The number of anilines is 1. The van der Waals surface area contributed by atoms with Crippen LogP contribution in [0.1, 0.15) is 6.42 Å². The molecule has 2 aromatic rings. The minimum absolute atomic E-state index is 0.189. The van der Waals surface area contributed by atoms with Crippen molar-refractivity contribution in [1.82, 2.24) is 9.97 Å². The van der Waals surface area contributed by atoms with Crippen molar-refractivity contribution in [2.45, 2.75) is 12.5 Å². The summed E-state index contributed by atoms with van der Waals surface area (Å²) in [6, 6.07) is 8.84. The lowest BCUT2D eigenvalue weighted by molar-refractivity contribution is -0.117. The second-order valence-corrected chi connectivity index (χ2v) is 4.17. The van der Waals surface area contributed by atoms with Crippen LogP contribution in [0.3, 0.4) is 0 Å². The van der Waals surface area contributed by atoms with Gasteiger partial charge in [0.05, 0.1) is 24.1 Å². The van der Waals surface area contributed by atoms with Crippen molar-refractivity contribution < 1.29 is 4.79 Å². The predicted octanol–water partition coefficient (Wildman–Crippen LogP) is 1.43. The molecule has 0 bridgehead atoms. The van der Waals surface area contributed by atoms with Crippen molar-refractivity contribution in [1.29, 1.82) is 0 Å². The third-order valence-corrected chi connectivity index (χ3v) is 2.63. The molecule has 0 radical (unpaired) electrons. The molecular formula is C15H14N4O. The number of rotatable bonds is 4. The average molecular weight is 266 g/mol. The summed E-state index contributed by atoms with van der Waals surface area (Å²) in [6.07, 6.45) is 8.37. The first-order chi connectivity index (χ1) is 9.70. The highest BCUT2D eigenvalue weighted by atomic mass is 16.2. The highest BCUT2D eigenvalue weighted by molar-refractivity contribution is 5.94. The lowest BCUT2D eigenvalue weighted by Gasteiger charge is -2.09. The van der Waals surface area contributed by atoms with Crippen LogP contribution in [0.15, 0.2) is 42.7 Å². The van der Waals surface area contributed by atoms with Gasteiger partial charge in [0.15, 0.2) is 5.82 Å². The first-order valence-corrected chi connectivity index (χ1v) is 6.08. The quantitative estimate of drug-likeness (QED) is 0.820. The molecule has 1 unspecified atom stereocenters. The molecule has 0 aliphatic rings. The van der Waals surface area contributed by atoms with Crippen LogP contribution in [0.4, 0.5) is 5.69 Å². The third kappa shape index (κ3) is 3.40. The van der Waals surface area contributed by atoms with Gasteiger partial charge in [-0.1, -0.05) is 30.3 Å². The molecule has 1 amide bonds. The Morgan fingerprint density at radius 3 is 2.55 bits per heavy atom. The van der Waals surface area contributed by atoms with Crippen molar-refractivity contribution in [3.8, 4) is 23.7 Å². The molecular weight excluding hydrogens is 252 g/mol. The summed E-state index contributed by atoms with van der Waals surface area (Å²) in [5, 5.41) is 2.62. The van der Waals surface area contributed by atoms with Gasteiger partial charge in [-0.2, -0.15) is 0 Å². The molecule has 0 spiro atoms. The second kappa shape index (κ2) is 6.45. The molecule has 100 valence electrons. The van der Waals surface area contributed by atoms with Gasteiger partial charge < -0.3 is 11.1 Å². The predicted molar refractivity (Wildman–Crippen MR) is 77.5 cm³/mol. The van der Waals surface area contributed by atoms with E-state index in [1.165, 1.54) is 12.4 Å². The number of benzene rings is 1. The van der Waals surface area contributed by atoms with E-state index >= 15 is 0 Å². The van der Waals surface area contributed by atoms with Crippen LogP contribution in [0.5, 0.6) is 0 Å². The average Bonchev–Trinajstić information content (AvgIpc) is 2.49. The number of hydrogen-bond acceptors (Lipinski definition) is 4. The summed E-state index contributed by atoms with van der Waals surface area (Å²) in [6.45, 7) is 0. The number of amides is 1. The van der Waals surface area contributed by atoms with Gasteiger partial charge >= 0.3 is 0 Å². The first-order valence-electron chi connectivity index (χ1n) is 6.08. The number of carbonyl (C=O) groups is 1. The summed E-state index contributed by atoms with van der Waals surface area (Å²) in [7, 11) is 0. The number of hydrogen-bond donors (Lipinski definition) is 2. The molecule has 2 rings (SSSR count). The molecule has 0 aliphatic heterocycles. The van der Waals surface area contributed by atoms with Crippen LogP contribution in [0.25, 0.3) is 11.4 Å². The highest BCUT2D eigenvalue weighted by Crippen LogP contribution is 2.14. The van der Waals surface area contributed by atoms with E-state index in [0.29, 0.717) is 11.5 Å². The Bertz CT molecular complexity index is 617. The van der Waals surface area contributed by atoms with Crippen molar-refractivity contribution >= 4 is 11.6 Å². The van der Waals surface area contributed by atoms with Crippen LogP contribution in [-0.2, 0) is 4.79 Å². The summed E-state index contributed by atoms with van der Waals surface area (Å²) in [5.41, 5.74) is 7.00. The molecule has 0 aliphatic carbocycles. The Morgan fingerprint density at radius 1 is 1.30 bits per heavy atom. The molecule has 0 saturated heterocycles. The summed E-state index contributed by atoms with van der Waals surface area (Å²) in [4.78, 5) is 20.1. The maximum Gasteiger partial charge on any atom is 0.242 e. The van der Waals surface area contributed by atoms with Crippen molar-refractivity contribution in [3.05, 3.63) is 42.7 Å². The molecule has 0 fully saturated rings. The van der Waals surface area contributed by atoms with Gasteiger partial charge in [0.1, 0.15) is 0 Å². The zero-order valence-electron chi connectivity index (χ0n) is 10.8. The van der Waals surface area contributed by atoms with Gasteiger partial charge in [-0.3, -0.25) is 4.79 Å². The fourth-order valence-corrected chi connectivity index (χ4v) is 1.58. The molecule has 20 heavy (non-hydrogen) atoms. The van der Waals surface area contributed by atoms with Crippen LogP contribution in [0, 0.1) is 12.3 Å². The Labute approximate surface area is 117 Å². The monoisotopic (exact) mass is 266 g/mol. The lowest BCUT2D eigenvalue weighted by Crippen LogP contribution is -2.35. The first kappa shape index (κ1) is 13.7. The number of carbonyl (C=O) groups excluding carboxylic acids is 1. The molecule has 1 aromatic carbocycles. The fraction of sp³-hybridized carbons (Fsp3) is 0.133. The van der Waals surface area contributed by atoms with E-state index in [2.05, 4.69) is 21.2 Å². The second-order valence-electron chi connectivity index (χ2n) is 4.17. The van der Waals surface area contributed by atoms with Gasteiger partial charge in [0.2, 0.25) is 5.91 Å². The van der Waals surface area contributed by atoms with E-state index in [1.807, 2.05) is 30.3 Å². The summed E-state index contributed by atoms with van der Waals surface area (Å²) >= 11 is 0. The minimum atomic E-state index is -0.728. The summed E-state index contributed by atoms with van der Waals surface area (Å²) < 4.78 is 0. The van der Waals surface area contributed by atoms with Gasteiger partial charge in [-0.05, 0) is 0 Å². The van der Waals surface area contributed by atoms with E-state index in [0.717, 1.165) is 5.56 Å². The SMILES string of the molecule is C#CCC(N)C(=O)Nc1cnc(-c2ccccc2)nc1. The van der Waals surface area contributed by atoms with Gasteiger partial charge in [0.25, 0.3) is 0 Å². The van der Waals surface area contributed by atoms with E-state index in [4.69, 9.17) is 12.2 Å². The minimum Gasteiger partial charge on any atom is -0.322 e. The Morgan fingerprint density at radius 2 is 1.95 bits per heavy atom. The van der Waals surface area contributed by atoms with Gasteiger partial charge in [-0.15, -0.1) is 12.3 Å². The van der Waals surface area contributed by atoms with Crippen LogP contribution < -0.4 is 11.1 Å². The molecule has 5 heteroatoms. The molecule has 1 heterocycles. The number of aromatic nitrogens is 2. The van der Waals surface area contributed by atoms with E-state index < -0.39 is 6.04 Å². The van der Waals surface area contributed by atoms with Crippen LogP contribution in [0.2, 0.25) is 0 Å². The van der Waals surface area contributed by atoms with Crippen LogP contribution in [-0.4, -0.2) is 21.9 Å². The third-order valence-electron chi connectivity index (χ3n) is 2.63. The smallest absolute Gasteiger partial charge is 0.242 e.